The summed E-state index contributed by atoms with van der Waals surface area (Å²) in [6, 6.07) is 13.2. The van der Waals surface area contributed by atoms with Gasteiger partial charge in [-0.1, -0.05) is 47.5 Å². The van der Waals surface area contributed by atoms with Gasteiger partial charge in [-0.05, 0) is 48.7 Å². The van der Waals surface area contributed by atoms with Gasteiger partial charge in [0.1, 0.15) is 5.75 Å². The molecule has 4 nitrogen and oxygen atoms in total. The second kappa shape index (κ2) is 10.3. The molecule has 0 bridgehead atoms. The Labute approximate surface area is 158 Å². The van der Waals surface area contributed by atoms with Gasteiger partial charge in [-0.25, -0.2) is 0 Å². The normalized spacial score (nSPS) is 10.5. The number of methoxy groups -OCH3 is 1. The van der Waals surface area contributed by atoms with Crippen LogP contribution in [0.4, 0.5) is 0 Å². The minimum atomic E-state index is -0.0305. The minimum Gasteiger partial charge on any atom is -0.496 e. The first-order chi connectivity index (χ1) is 12.1. The number of carbonyl (C=O) groups is 1. The summed E-state index contributed by atoms with van der Waals surface area (Å²) in [7, 11) is 1.65. The van der Waals surface area contributed by atoms with E-state index in [1.807, 2.05) is 36.4 Å². The van der Waals surface area contributed by atoms with Crippen molar-refractivity contribution in [1.82, 2.24) is 10.6 Å². The number of rotatable bonds is 9. The van der Waals surface area contributed by atoms with Gasteiger partial charge in [-0.3, -0.25) is 4.79 Å². The monoisotopic (exact) mass is 380 g/mol. The van der Waals surface area contributed by atoms with Crippen molar-refractivity contribution in [2.24, 2.45) is 0 Å². The van der Waals surface area contributed by atoms with Gasteiger partial charge in [-0.15, -0.1) is 0 Å². The standard InChI is InChI=1S/C19H22Cl2N2O2/c1-25-18-5-3-2-4-15(18)9-11-23-19(24)13-22-10-8-14-6-7-16(20)12-17(14)21/h2-7,12,22H,8-11,13H2,1H3,(H,23,24). The third-order valence-electron chi connectivity index (χ3n) is 3.78. The van der Waals surface area contributed by atoms with Crippen molar-refractivity contribution >= 4 is 29.1 Å². The zero-order valence-corrected chi connectivity index (χ0v) is 15.7. The first-order valence-corrected chi connectivity index (χ1v) is 8.89. The molecule has 2 aromatic carbocycles. The van der Waals surface area contributed by atoms with E-state index in [0.717, 1.165) is 29.7 Å². The molecule has 0 saturated carbocycles. The summed E-state index contributed by atoms with van der Waals surface area (Å²) in [6.07, 6.45) is 1.47. The van der Waals surface area contributed by atoms with Crippen LogP contribution in [-0.2, 0) is 17.6 Å². The van der Waals surface area contributed by atoms with Crippen LogP contribution in [0.2, 0.25) is 10.0 Å². The van der Waals surface area contributed by atoms with Crippen LogP contribution in [0.3, 0.4) is 0 Å². The van der Waals surface area contributed by atoms with E-state index in [4.69, 9.17) is 27.9 Å². The fourth-order valence-corrected chi connectivity index (χ4v) is 2.96. The molecule has 0 fully saturated rings. The van der Waals surface area contributed by atoms with E-state index in [2.05, 4.69) is 10.6 Å². The first-order valence-electron chi connectivity index (χ1n) is 8.13. The molecule has 0 unspecified atom stereocenters. The Bertz CT molecular complexity index is 708. The Morgan fingerprint density at radius 3 is 2.56 bits per heavy atom. The number of ether oxygens (including phenoxy) is 1. The average molecular weight is 381 g/mol. The van der Waals surface area contributed by atoms with E-state index in [9.17, 15) is 4.79 Å². The van der Waals surface area contributed by atoms with Crippen LogP contribution in [0.1, 0.15) is 11.1 Å². The maximum Gasteiger partial charge on any atom is 0.233 e. The molecule has 0 saturated heterocycles. The van der Waals surface area contributed by atoms with Crippen LogP contribution >= 0.6 is 23.2 Å². The number of para-hydroxylation sites is 1. The smallest absolute Gasteiger partial charge is 0.233 e. The summed E-state index contributed by atoms with van der Waals surface area (Å²) in [6.45, 7) is 1.52. The molecule has 25 heavy (non-hydrogen) atoms. The van der Waals surface area contributed by atoms with E-state index >= 15 is 0 Å². The summed E-state index contributed by atoms with van der Waals surface area (Å²) in [5.74, 6) is 0.812. The number of carbonyl (C=O) groups excluding carboxylic acids is 1. The lowest BCUT2D eigenvalue weighted by Crippen LogP contribution is -2.35. The van der Waals surface area contributed by atoms with E-state index < -0.39 is 0 Å². The Morgan fingerprint density at radius 2 is 1.80 bits per heavy atom. The molecule has 0 spiro atoms. The summed E-state index contributed by atoms with van der Waals surface area (Å²) >= 11 is 12.0. The van der Waals surface area contributed by atoms with Gasteiger partial charge in [0.25, 0.3) is 0 Å². The number of hydrogen-bond donors (Lipinski definition) is 2. The van der Waals surface area contributed by atoms with E-state index in [-0.39, 0.29) is 12.5 Å². The Morgan fingerprint density at radius 1 is 1.04 bits per heavy atom. The maximum atomic E-state index is 11.9. The van der Waals surface area contributed by atoms with Crippen molar-refractivity contribution in [3.63, 3.8) is 0 Å². The van der Waals surface area contributed by atoms with Gasteiger partial charge in [-0.2, -0.15) is 0 Å². The van der Waals surface area contributed by atoms with Gasteiger partial charge >= 0.3 is 0 Å². The lowest BCUT2D eigenvalue weighted by atomic mass is 10.1. The number of amides is 1. The van der Waals surface area contributed by atoms with Crippen LogP contribution < -0.4 is 15.4 Å². The zero-order chi connectivity index (χ0) is 18.1. The summed E-state index contributed by atoms with van der Waals surface area (Å²) in [5.41, 5.74) is 2.09. The third-order valence-corrected chi connectivity index (χ3v) is 4.37. The summed E-state index contributed by atoms with van der Waals surface area (Å²) < 4.78 is 5.30. The second-order valence-electron chi connectivity index (χ2n) is 5.57. The van der Waals surface area contributed by atoms with Crippen LogP contribution in [0.25, 0.3) is 0 Å². The number of hydrogen-bond acceptors (Lipinski definition) is 3. The molecule has 0 aliphatic carbocycles. The first kappa shape index (κ1) is 19.6. The molecular weight excluding hydrogens is 359 g/mol. The fraction of sp³-hybridized carbons (Fsp3) is 0.316. The number of benzene rings is 2. The van der Waals surface area contributed by atoms with Crippen LogP contribution in [-0.4, -0.2) is 32.7 Å². The van der Waals surface area contributed by atoms with Gasteiger partial charge < -0.3 is 15.4 Å². The summed E-state index contributed by atoms with van der Waals surface area (Å²) in [4.78, 5) is 11.9. The lowest BCUT2D eigenvalue weighted by Gasteiger charge is -2.10. The highest BCUT2D eigenvalue weighted by molar-refractivity contribution is 6.35. The van der Waals surface area contributed by atoms with Crippen LogP contribution in [0.5, 0.6) is 5.75 Å². The van der Waals surface area contributed by atoms with E-state index in [1.54, 1.807) is 13.2 Å². The summed E-state index contributed by atoms with van der Waals surface area (Å²) in [5, 5.41) is 7.29. The molecule has 0 heterocycles. The number of nitrogens with one attached hydrogen (secondary N) is 2. The largest absolute Gasteiger partial charge is 0.496 e. The predicted octanol–water partition coefficient (Wildman–Crippen LogP) is 3.49. The van der Waals surface area contributed by atoms with Crippen molar-refractivity contribution in [3.05, 3.63) is 63.6 Å². The third kappa shape index (κ3) is 6.58. The molecule has 2 N–H and O–H groups in total. The quantitative estimate of drug-likeness (QED) is 0.654. The molecule has 0 aliphatic rings. The molecule has 2 rings (SSSR count). The highest BCUT2D eigenvalue weighted by Gasteiger charge is 2.05. The second-order valence-corrected chi connectivity index (χ2v) is 6.42. The lowest BCUT2D eigenvalue weighted by molar-refractivity contribution is -0.120. The van der Waals surface area contributed by atoms with Gasteiger partial charge in [0.15, 0.2) is 0 Å². The molecule has 6 heteroatoms. The van der Waals surface area contributed by atoms with Crippen molar-refractivity contribution in [2.45, 2.75) is 12.8 Å². The van der Waals surface area contributed by atoms with Gasteiger partial charge in [0, 0.05) is 16.6 Å². The predicted molar refractivity (Wildman–Crippen MR) is 103 cm³/mol. The molecule has 1 amide bonds. The van der Waals surface area contributed by atoms with Crippen molar-refractivity contribution in [1.29, 1.82) is 0 Å². The van der Waals surface area contributed by atoms with E-state index in [1.165, 1.54) is 0 Å². The van der Waals surface area contributed by atoms with Crippen LogP contribution in [0.15, 0.2) is 42.5 Å². The van der Waals surface area contributed by atoms with E-state index in [0.29, 0.717) is 23.1 Å². The highest BCUT2D eigenvalue weighted by atomic mass is 35.5. The number of halogens is 2. The molecule has 134 valence electrons. The Hall–Kier alpha value is -1.75. The van der Waals surface area contributed by atoms with Gasteiger partial charge in [0.05, 0.1) is 13.7 Å². The maximum absolute atomic E-state index is 11.9. The molecule has 0 radical (unpaired) electrons. The molecule has 0 aromatic heterocycles. The van der Waals surface area contributed by atoms with Crippen molar-refractivity contribution in [2.75, 3.05) is 26.7 Å². The van der Waals surface area contributed by atoms with Gasteiger partial charge in [0.2, 0.25) is 5.91 Å². The Balaban J connectivity index is 1.64. The van der Waals surface area contributed by atoms with Crippen LogP contribution in [0, 0.1) is 0 Å². The SMILES string of the molecule is COc1ccccc1CCNC(=O)CNCCc1ccc(Cl)cc1Cl. The molecule has 2 aromatic rings. The minimum absolute atomic E-state index is 0.0305. The topological polar surface area (TPSA) is 50.4 Å². The Kier molecular flexibility index (Phi) is 8.06. The average Bonchev–Trinajstić information content (AvgIpc) is 2.60. The highest BCUT2D eigenvalue weighted by Crippen LogP contribution is 2.21. The van der Waals surface area contributed by atoms with Crippen molar-refractivity contribution < 1.29 is 9.53 Å². The molecular formula is C19H22Cl2N2O2. The molecule has 0 atom stereocenters. The van der Waals surface area contributed by atoms with Crippen molar-refractivity contribution in [3.8, 4) is 5.75 Å². The zero-order valence-electron chi connectivity index (χ0n) is 14.1. The fourth-order valence-electron chi connectivity index (χ4n) is 2.46. The molecule has 0 aliphatic heterocycles.